The molecule has 2 nitrogen and oxygen atoms in total. The predicted octanol–water partition coefficient (Wildman–Crippen LogP) is 7.39. The molecule has 1 atom stereocenters. The number of halogens is 2. The van der Waals surface area contributed by atoms with E-state index in [9.17, 15) is 9.59 Å². The summed E-state index contributed by atoms with van der Waals surface area (Å²) < 4.78 is 0. The topological polar surface area (TPSA) is 34.1 Å². The summed E-state index contributed by atoms with van der Waals surface area (Å²) in [6.45, 7) is 2.29. The Morgan fingerprint density at radius 1 is 0.625 bits per heavy atom. The number of hydrogen-bond donors (Lipinski definition) is 0. The Hall–Kier alpha value is -0.0800. The van der Waals surface area contributed by atoms with Crippen molar-refractivity contribution in [1.29, 1.82) is 0 Å². The normalized spacial score (nSPS) is 12.3. The molecule has 0 saturated heterocycles. The number of carbonyl (C=O) groups excluding carboxylic acids is 2. The van der Waals surface area contributed by atoms with Gasteiger partial charge in [0.1, 0.15) is 0 Å². The van der Waals surface area contributed by atoms with Gasteiger partial charge in [0, 0.05) is 12.8 Å². The van der Waals surface area contributed by atoms with Crippen LogP contribution in [0.4, 0.5) is 0 Å². The smallest absolute Gasteiger partial charge is 0.221 e. The molecule has 0 aromatic carbocycles. The van der Waals surface area contributed by atoms with E-state index in [1.807, 2.05) is 0 Å². The summed E-state index contributed by atoms with van der Waals surface area (Å²) in [7, 11) is 0. The summed E-state index contributed by atoms with van der Waals surface area (Å²) in [5.74, 6) is 0.852. The van der Waals surface area contributed by atoms with Crippen molar-refractivity contribution in [3.63, 3.8) is 0 Å². The Kier molecular flexibility index (Phi) is 17.7. The molecular weight excluding hydrogens is 343 g/mol. The van der Waals surface area contributed by atoms with Crippen molar-refractivity contribution in [2.24, 2.45) is 5.92 Å². The number of rotatable bonds is 18. The zero-order valence-electron chi connectivity index (χ0n) is 15.5. The Morgan fingerprint density at radius 2 is 0.958 bits per heavy atom. The van der Waals surface area contributed by atoms with Crippen LogP contribution in [0.1, 0.15) is 110 Å². The molecule has 0 aromatic rings. The van der Waals surface area contributed by atoms with Crippen LogP contribution in [-0.4, -0.2) is 10.5 Å². The van der Waals surface area contributed by atoms with E-state index in [1.54, 1.807) is 0 Å². The summed E-state index contributed by atoms with van der Waals surface area (Å²) >= 11 is 10.7. The molecule has 24 heavy (non-hydrogen) atoms. The first-order chi connectivity index (χ1) is 11.6. The fraction of sp³-hybridized carbons (Fsp3) is 0.900. The maximum absolute atomic E-state index is 10.7. The van der Waals surface area contributed by atoms with E-state index >= 15 is 0 Å². The van der Waals surface area contributed by atoms with Gasteiger partial charge in [-0.2, -0.15) is 0 Å². The molecule has 0 bridgehead atoms. The van der Waals surface area contributed by atoms with Gasteiger partial charge in [-0.05, 0) is 42.0 Å². The third-order valence-corrected chi connectivity index (χ3v) is 5.18. The number of unbranched alkanes of at least 4 members (excludes halogenated alkanes) is 9. The van der Waals surface area contributed by atoms with Gasteiger partial charge in [0.25, 0.3) is 0 Å². The van der Waals surface area contributed by atoms with Crippen LogP contribution in [0.5, 0.6) is 0 Å². The summed E-state index contributed by atoms with van der Waals surface area (Å²) in [6.07, 6.45) is 18.2. The summed E-state index contributed by atoms with van der Waals surface area (Å²) in [4.78, 5) is 21.3. The highest BCUT2D eigenvalue weighted by Crippen LogP contribution is 2.21. The molecule has 0 aliphatic rings. The van der Waals surface area contributed by atoms with E-state index in [0.29, 0.717) is 12.8 Å². The van der Waals surface area contributed by atoms with Gasteiger partial charge in [0.2, 0.25) is 10.5 Å². The first-order valence-electron chi connectivity index (χ1n) is 9.93. The first kappa shape index (κ1) is 23.9. The molecular formula is C20H36Cl2O2. The van der Waals surface area contributed by atoms with Crippen LogP contribution in [0.25, 0.3) is 0 Å². The number of carbonyl (C=O) groups is 2. The van der Waals surface area contributed by atoms with Crippen LogP contribution in [0, 0.1) is 5.92 Å². The van der Waals surface area contributed by atoms with Crippen LogP contribution in [0.2, 0.25) is 0 Å². The Labute approximate surface area is 159 Å². The minimum absolute atomic E-state index is 0.199. The van der Waals surface area contributed by atoms with Gasteiger partial charge < -0.3 is 0 Å². The lowest BCUT2D eigenvalue weighted by molar-refractivity contribution is -0.112. The van der Waals surface area contributed by atoms with Crippen LogP contribution >= 0.6 is 23.2 Å². The van der Waals surface area contributed by atoms with Crippen molar-refractivity contribution in [2.75, 3.05) is 0 Å². The first-order valence-corrected chi connectivity index (χ1v) is 10.7. The highest BCUT2D eigenvalue weighted by atomic mass is 35.5. The average molecular weight is 379 g/mol. The molecule has 0 radical (unpaired) electrons. The van der Waals surface area contributed by atoms with Gasteiger partial charge in [0.15, 0.2) is 0 Å². The minimum Gasteiger partial charge on any atom is -0.281 e. The van der Waals surface area contributed by atoms with E-state index in [-0.39, 0.29) is 10.5 Å². The van der Waals surface area contributed by atoms with E-state index in [1.165, 1.54) is 64.2 Å². The standard InChI is InChI=1S/C20H36Cl2O2/c1-2-18(15-11-9-13-17-20(22)24)14-10-7-5-3-4-6-8-12-16-19(21)23/h18H,2-17H2,1H3. The molecule has 4 heteroatoms. The summed E-state index contributed by atoms with van der Waals surface area (Å²) in [6, 6.07) is 0. The lowest BCUT2D eigenvalue weighted by Crippen LogP contribution is -1.99. The van der Waals surface area contributed by atoms with Crippen molar-refractivity contribution in [3.05, 3.63) is 0 Å². The maximum Gasteiger partial charge on any atom is 0.221 e. The monoisotopic (exact) mass is 378 g/mol. The van der Waals surface area contributed by atoms with Gasteiger partial charge in [-0.3, -0.25) is 9.59 Å². The molecule has 1 unspecified atom stereocenters. The molecule has 0 rings (SSSR count). The van der Waals surface area contributed by atoms with E-state index in [0.717, 1.165) is 31.6 Å². The highest BCUT2D eigenvalue weighted by Gasteiger charge is 2.06. The number of hydrogen-bond acceptors (Lipinski definition) is 2. The zero-order valence-corrected chi connectivity index (χ0v) is 17.0. The van der Waals surface area contributed by atoms with Crippen molar-refractivity contribution < 1.29 is 9.59 Å². The van der Waals surface area contributed by atoms with Crippen molar-refractivity contribution >= 4 is 33.7 Å². The molecule has 0 fully saturated rings. The fourth-order valence-electron chi connectivity index (χ4n) is 3.18. The van der Waals surface area contributed by atoms with E-state index in [4.69, 9.17) is 23.2 Å². The molecule has 0 N–H and O–H groups in total. The average Bonchev–Trinajstić information content (AvgIpc) is 2.53. The predicted molar refractivity (Wildman–Crippen MR) is 105 cm³/mol. The lowest BCUT2D eigenvalue weighted by atomic mass is 9.92. The maximum atomic E-state index is 10.7. The van der Waals surface area contributed by atoms with Gasteiger partial charge in [-0.1, -0.05) is 84.0 Å². The Morgan fingerprint density at radius 3 is 1.33 bits per heavy atom. The lowest BCUT2D eigenvalue weighted by Gasteiger charge is -2.14. The van der Waals surface area contributed by atoms with Gasteiger partial charge >= 0.3 is 0 Å². The Balaban J connectivity index is 3.34. The van der Waals surface area contributed by atoms with Gasteiger partial charge in [-0.15, -0.1) is 0 Å². The molecule has 0 saturated carbocycles. The Bertz CT molecular complexity index is 319. The van der Waals surface area contributed by atoms with E-state index < -0.39 is 0 Å². The quantitative estimate of drug-likeness (QED) is 0.184. The van der Waals surface area contributed by atoms with Gasteiger partial charge in [-0.25, -0.2) is 0 Å². The van der Waals surface area contributed by atoms with Crippen LogP contribution in [0.3, 0.4) is 0 Å². The second-order valence-corrected chi connectivity index (χ2v) is 7.79. The van der Waals surface area contributed by atoms with Gasteiger partial charge in [0.05, 0.1) is 0 Å². The largest absolute Gasteiger partial charge is 0.281 e. The van der Waals surface area contributed by atoms with Crippen LogP contribution in [-0.2, 0) is 9.59 Å². The van der Waals surface area contributed by atoms with Crippen LogP contribution < -0.4 is 0 Å². The molecule has 0 heterocycles. The molecule has 0 aliphatic heterocycles. The second-order valence-electron chi connectivity index (χ2n) is 6.95. The van der Waals surface area contributed by atoms with Crippen molar-refractivity contribution in [3.8, 4) is 0 Å². The minimum atomic E-state index is -0.201. The van der Waals surface area contributed by atoms with Crippen molar-refractivity contribution in [2.45, 2.75) is 110 Å². The fourth-order valence-corrected chi connectivity index (χ4v) is 3.45. The summed E-state index contributed by atoms with van der Waals surface area (Å²) in [5.41, 5.74) is 0. The zero-order chi connectivity index (χ0) is 18.0. The summed E-state index contributed by atoms with van der Waals surface area (Å²) in [5, 5.41) is -0.400. The molecule has 0 spiro atoms. The van der Waals surface area contributed by atoms with Crippen LogP contribution in [0.15, 0.2) is 0 Å². The highest BCUT2D eigenvalue weighted by molar-refractivity contribution is 6.63. The van der Waals surface area contributed by atoms with Crippen molar-refractivity contribution in [1.82, 2.24) is 0 Å². The second kappa shape index (κ2) is 17.7. The third kappa shape index (κ3) is 18.3. The molecule has 0 amide bonds. The van der Waals surface area contributed by atoms with E-state index in [2.05, 4.69) is 6.92 Å². The molecule has 0 aromatic heterocycles. The third-order valence-electron chi connectivity index (χ3n) is 4.80. The molecule has 142 valence electrons. The molecule has 0 aliphatic carbocycles. The SMILES string of the molecule is CCC(CCCCCCCCCCC(=O)Cl)CCCCCC(=O)Cl.